The van der Waals surface area contributed by atoms with Crippen molar-refractivity contribution in [3.05, 3.63) is 88.4 Å². The average molecular weight is 461 g/mol. The molecule has 2 aromatic heterocycles. The zero-order valence-corrected chi connectivity index (χ0v) is 17.9. The molecule has 8 heteroatoms. The van der Waals surface area contributed by atoms with Crippen molar-refractivity contribution < 1.29 is 9.90 Å². The van der Waals surface area contributed by atoms with Crippen LogP contribution in [-0.2, 0) is 0 Å². The number of rotatable bonds is 3. The fourth-order valence-electron chi connectivity index (χ4n) is 3.51. The maximum atomic E-state index is 13.1. The van der Waals surface area contributed by atoms with Crippen LogP contribution in [0, 0.1) is 0 Å². The molecule has 2 N–H and O–H groups in total. The zero-order chi connectivity index (χ0) is 22.2. The van der Waals surface area contributed by atoms with Crippen LogP contribution in [0.1, 0.15) is 10.4 Å². The third kappa shape index (κ3) is 3.70. The summed E-state index contributed by atoms with van der Waals surface area (Å²) in [6.45, 7) is 0. The first-order valence-electron chi connectivity index (χ1n) is 9.61. The summed E-state index contributed by atoms with van der Waals surface area (Å²) in [6, 6.07) is 21.2. The molecule has 5 aromatic rings. The van der Waals surface area contributed by atoms with Crippen molar-refractivity contribution in [1.82, 2.24) is 9.97 Å². The lowest BCUT2D eigenvalue weighted by atomic mass is 10.0. The number of amides is 1. The monoisotopic (exact) mass is 460 g/mol. The topological polar surface area (TPSA) is 90.7 Å². The van der Waals surface area contributed by atoms with Gasteiger partial charge >= 0.3 is 0 Å². The van der Waals surface area contributed by atoms with Crippen molar-refractivity contribution in [2.45, 2.75) is 0 Å². The summed E-state index contributed by atoms with van der Waals surface area (Å²) >= 11 is 12.1. The summed E-state index contributed by atoms with van der Waals surface area (Å²) in [7, 11) is 0. The number of fused-ring (bicyclic) bond motifs is 2. The molecular formula is C24H14Cl2N4O2. The maximum absolute atomic E-state index is 13.1. The van der Waals surface area contributed by atoms with Crippen molar-refractivity contribution in [1.29, 1.82) is 0 Å². The fraction of sp³-hybridized carbons (Fsp3) is 0. The van der Waals surface area contributed by atoms with E-state index in [9.17, 15) is 9.90 Å². The number of pyridine rings is 1. The molecule has 0 fully saturated rings. The Morgan fingerprint density at radius 1 is 0.906 bits per heavy atom. The van der Waals surface area contributed by atoms with Crippen molar-refractivity contribution in [2.75, 3.05) is 0 Å². The van der Waals surface area contributed by atoms with E-state index in [2.05, 4.69) is 20.2 Å². The average Bonchev–Trinajstić information content (AvgIpc) is 3.11. The summed E-state index contributed by atoms with van der Waals surface area (Å²) in [6.07, 6.45) is 0. The van der Waals surface area contributed by atoms with Gasteiger partial charge in [0.15, 0.2) is 5.69 Å². The van der Waals surface area contributed by atoms with E-state index >= 15 is 0 Å². The highest BCUT2D eigenvalue weighted by molar-refractivity contribution is 6.31. The molecule has 0 saturated heterocycles. The SMILES string of the molecule is O=C(N=Nc1c(O)[nH]c2ccc(Cl)cc12)c1cc(-c2ccc(Cl)cc2)nc2ccccc12. The molecular weight excluding hydrogens is 447 g/mol. The lowest BCUT2D eigenvalue weighted by molar-refractivity contribution is 0.0996. The summed E-state index contributed by atoms with van der Waals surface area (Å²) in [4.78, 5) is 20.5. The first kappa shape index (κ1) is 20.2. The van der Waals surface area contributed by atoms with Gasteiger partial charge in [0.1, 0.15) is 0 Å². The molecule has 0 saturated carbocycles. The van der Waals surface area contributed by atoms with Crippen molar-refractivity contribution in [2.24, 2.45) is 10.2 Å². The molecule has 1 amide bonds. The predicted molar refractivity (Wildman–Crippen MR) is 126 cm³/mol. The second-order valence-corrected chi connectivity index (χ2v) is 7.97. The molecule has 2 heterocycles. The van der Waals surface area contributed by atoms with Gasteiger partial charge in [0.2, 0.25) is 5.88 Å². The van der Waals surface area contributed by atoms with Crippen LogP contribution in [0.4, 0.5) is 5.69 Å². The Balaban J connectivity index is 1.60. The van der Waals surface area contributed by atoms with Crippen LogP contribution in [0.25, 0.3) is 33.1 Å². The first-order valence-corrected chi connectivity index (χ1v) is 10.4. The summed E-state index contributed by atoms with van der Waals surface area (Å²) in [5.74, 6) is -0.755. The van der Waals surface area contributed by atoms with E-state index in [1.165, 1.54) is 0 Å². The fourth-order valence-corrected chi connectivity index (χ4v) is 3.81. The van der Waals surface area contributed by atoms with Crippen LogP contribution < -0.4 is 0 Å². The smallest absolute Gasteiger partial charge is 0.296 e. The number of hydrogen-bond donors (Lipinski definition) is 2. The molecule has 0 aliphatic rings. The number of nitrogens with zero attached hydrogens (tertiary/aromatic N) is 3. The minimum atomic E-state index is -0.561. The quantitative estimate of drug-likeness (QED) is 0.276. The molecule has 156 valence electrons. The van der Waals surface area contributed by atoms with Gasteiger partial charge in [-0.05, 0) is 42.5 Å². The normalized spacial score (nSPS) is 11.6. The Bertz CT molecular complexity index is 1530. The summed E-state index contributed by atoms with van der Waals surface area (Å²) < 4.78 is 0. The van der Waals surface area contributed by atoms with E-state index in [1.807, 2.05) is 30.3 Å². The Morgan fingerprint density at radius 2 is 1.66 bits per heavy atom. The predicted octanol–water partition coefficient (Wildman–Crippen LogP) is 7.32. The van der Waals surface area contributed by atoms with Crippen LogP contribution in [0.5, 0.6) is 5.88 Å². The third-order valence-electron chi connectivity index (χ3n) is 5.04. The van der Waals surface area contributed by atoms with Gasteiger partial charge in [0, 0.05) is 26.4 Å². The van der Waals surface area contributed by atoms with Crippen LogP contribution in [0.15, 0.2) is 83.0 Å². The third-order valence-corrected chi connectivity index (χ3v) is 5.53. The van der Waals surface area contributed by atoms with Gasteiger partial charge in [0.25, 0.3) is 5.91 Å². The highest BCUT2D eigenvalue weighted by atomic mass is 35.5. The van der Waals surface area contributed by atoms with Crippen LogP contribution in [0.3, 0.4) is 0 Å². The number of nitrogens with one attached hydrogen (secondary N) is 1. The van der Waals surface area contributed by atoms with Crippen LogP contribution >= 0.6 is 23.2 Å². The van der Waals surface area contributed by atoms with Gasteiger partial charge in [-0.1, -0.05) is 53.5 Å². The van der Waals surface area contributed by atoms with Crippen molar-refractivity contribution in [3.63, 3.8) is 0 Å². The molecule has 0 atom stereocenters. The minimum absolute atomic E-state index is 0.145. The van der Waals surface area contributed by atoms with E-state index in [0.717, 1.165) is 5.56 Å². The highest BCUT2D eigenvalue weighted by Crippen LogP contribution is 2.37. The van der Waals surface area contributed by atoms with E-state index in [0.29, 0.717) is 43.1 Å². The van der Waals surface area contributed by atoms with Gasteiger partial charge in [-0.2, -0.15) is 0 Å². The second-order valence-electron chi connectivity index (χ2n) is 7.10. The van der Waals surface area contributed by atoms with E-state index in [-0.39, 0.29) is 11.6 Å². The largest absolute Gasteiger partial charge is 0.493 e. The Labute approximate surface area is 192 Å². The van der Waals surface area contributed by atoms with Crippen LogP contribution in [-0.4, -0.2) is 21.0 Å². The molecule has 5 rings (SSSR count). The number of benzene rings is 3. The van der Waals surface area contributed by atoms with Gasteiger partial charge < -0.3 is 10.1 Å². The molecule has 0 bridgehead atoms. The van der Waals surface area contributed by atoms with Gasteiger partial charge in [0.05, 0.1) is 22.3 Å². The van der Waals surface area contributed by atoms with Crippen molar-refractivity contribution >= 4 is 56.6 Å². The Hall–Kier alpha value is -3.74. The maximum Gasteiger partial charge on any atom is 0.296 e. The molecule has 0 spiro atoms. The number of para-hydroxylation sites is 1. The number of carbonyl (C=O) groups excluding carboxylic acids is 1. The number of carbonyl (C=O) groups is 1. The molecule has 0 radical (unpaired) electrons. The van der Waals surface area contributed by atoms with E-state index in [4.69, 9.17) is 23.2 Å². The summed E-state index contributed by atoms with van der Waals surface area (Å²) in [5.41, 5.74) is 3.21. The Kier molecular flexibility index (Phi) is 5.09. The molecule has 3 aromatic carbocycles. The van der Waals surface area contributed by atoms with Gasteiger partial charge in [-0.25, -0.2) is 4.98 Å². The molecule has 6 nitrogen and oxygen atoms in total. The molecule has 32 heavy (non-hydrogen) atoms. The lowest BCUT2D eigenvalue weighted by Gasteiger charge is -2.07. The minimum Gasteiger partial charge on any atom is -0.493 e. The van der Waals surface area contributed by atoms with Crippen molar-refractivity contribution in [3.8, 4) is 17.1 Å². The summed E-state index contributed by atoms with van der Waals surface area (Å²) in [5, 5.41) is 20.4. The lowest BCUT2D eigenvalue weighted by Crippen LogP contribution is -1.98. The van der Waals surface area contributed by atoms with Gasteiger partial charge in [-0.3, -0.25) is 4.79 Å². The van der Waals surface area contributed by atoms with E-state index < -0.39 is 5.91 Å². The first-order chi connectivity index (χ1) is 15.5. The number of H-pyrrole nitrogens is 1. The standard InChI is InChI=1S/C24H14Cl2N4O2/c25-14-7-5-13(6-8-14)21-12-17(16-3-1-2-4-19(16)27-21)23(31)30-29-22-18-11-15(26)9-10-20(18)28-24(22)32/h1-12,28,32H. The number of hydrogen-bond acceptors (Lipinski definition) is 4. The molecule has 0 unspecified atom stereocenters. The number of aromatic hydroxyl groups is 1. The second kappa shape index (κ2) is 8.07. The molecule has 0 aliphatic carbocycles. The number of aromatic nitrogens is 2. The molecule has 0 aliphatic heterocycles. The van der Waals surface area contributed by atoms with Gasteiger partial charge in [-0.15, -0.1) is 10.2 Å². The van der Waals surface area contributed by atoms with Crippen LogP contribution in [0.2, 0.25) is 10.0 Å². The highest BCUT2D eigenvalue weighted by Gasteiger charge is 2.16. The number of aromatic amines is 1. The van der Waals surface area contributed by atoms with E-state index in [1.54, 1.807) is 42.5 Å². The Morgan fingerprint density at radius 3 is 2.47 bits per heavy atom. The number of halogens is 2. The number of azo groups is 1. The zero-order valence-electron chi connectivity index (χ0n) is 16.4.